The molecule has 82 valence electrons. The number of hydrogen-bond donors (Lipinski definition) is 1. The van der Waals surface area contributed by atoms with Gasteiger partial charge in [0, 0.05) is 5.56 Å². The van der Waals surface area contributed by atoms with Crippen molar-refractivity contribution in [3.63, 3.8) is 0 Å². The Kier molecular flexibility index (Phi) is 3.02. The topological polar surface area (TPSA) is 50.2 Å². The largest absolute Gasteiger partial charge is 0.477 e. The average molecular weight is 302 g/mol. The lowest BCUT2D eigenvalue weighted by atomic mass is 10.2. The van der Waals surface area contributed by atoms with Gasteiger partial charge in [-0.25, -0.2) is 14.2 Å². The smallest absolute Gasteiger partial charge is 0.348 e. The van der Waals surface area contributed by atoms with Gasteiger partial charge in [0.2, 0.25) is 0 Å². The van der Waals surface area contributed by atoms with Gasteiger partial charge in [0.15, 0.2) is 0 Å². The Morgan fingerprint density at radius 3 is 2.69 bits per heavy atom. The van der Waals surface area contributed by atoms with Gasteiger partial charge >= 0.3 is 5.97 Å². The number of rotatable bonds is 2. The normalized spacial score (nSPS) is 10.4. The molecular weight excluding hydrogens is 297 g/mol. The highest BCUT2D eigenvalue weighted by molar-refractivity contribution is 9.10. The molecular formula is C10H5BrFNO2S. The molecule has 0 amide bonds. The van der Waals surface area contributed by atoms with E-state index in [1.165, 1.54) is 6.07 Å². The van der Waals surface area contributed by atoms with Crippen LogP contribution in [0.1, 0.15) is 9.67 Å². The highest BCUT2D eigenvalue weighted by atomic mass is 79.9. The van der Waals surface area contributed by atoms with Crippen LogP contribution in [0.25, 0.3) is 10.6 Å². The van der Waals surface area contributed by atoms with Crippen molar-refractivity contribution in [3.8, 4) is 10.6 Å². The highest BCUT2D eigenvalue weighted by Crippen LogP contribution is 2.32. The number of aromatic nitrogens is 1. The summed E-state index contributed by atoms with van der Waals surface area (Å²) in [6.07, 6.45) is 0. The van der Waals surface area contributed by atoms with Crippen LogP contribution in [0.3, 0.4) is 0 Å². The lowest BCUT2D eigenvalue weighted by Gasteiger charge is -1.96. The zero-order chi connectivity index (χ0) is 11.7. The first kappa shape index (κ1) is 11.2. The molecule has 16 heavy (non-hydrogen) atoms. The highest BCUT2D eigenvalue weighted by Gasteiger charge is 2.17. The van der Waals surface area contributed by atoms with E-state index in [9.17, 15) is 9.18 Å². The fourth-order valence-corrected chi connectivity index (χ4v) is 2.71. The summed E-state index contributed by atoms with van der Waals surface area (Å²) in [6.45, 7) is 0. The number of nitrogens with zero attached hydrogens (tertiary/aromatic N) is 1. The minimum Gasteiger partial charge on any atom is -0.477 e. The van der Waals surface area contributed by atoms with Crippen molar-refractivity contribution >= 4 is 33.2 Å². The molecule has 0 unspecified atom stereocenters. The molecule has 1 heterocycles. The Hall–Kier alpha value is -1.27. The van der Waals surface area contributed by atoms with Gasteiger partial charge in [-0.15, -0.1) is 11.3 Å². The molecule has 0 bridgehead atoms. The van der Waals surface area contributed by atoms with Crippen molar-refractivity contribution in [2.24, 2.45) is 0 Å². The van der Waals surface area contributed by atoms with Crippen LogP contribution < -0.4 is 0 Å². The minimum atomic E-state index is -1.08. The van der Waals surface area contributed by atoms with Crippen LogP contribution in [-0.2, 0) is 0 Å². The minimum absolute atomic E-state index is 0.0678. The van der Waals surface area contributed by atoms with E-state index in [2.05, 4.69) is 20.9 Å². The molecule has 0 fully saturated rings. The maximum absolute atomic E-state index is 13.4. The number of halogens is 2. The Morgan fingerprint density at radius 2 is 2.12 bits per heavy atom. The molecule has 6 heteroatoms. The summed E-state index contributed by atoms with van der Waals surface area (Å²) in [5.74, 6) is -1.49. The van der Waals surface area contributed by atoms with E-state index in [-0.39, 0.29) is 9.48 Å². The van der Waals surface area contributed by atoms with Crippen molar-refractivity contribution in [2.45, 2.75) is 0 Å². The molecule has 0 saturated carbocycles. The van der Waals surface area contributed by atoms with E-state index in [0.717, 1.165) is 11.3 Å². The monoisotopic (exact) mass is 301 g/mol. The zero-order valence-corrected chi connectivity index (χ0v) is 10.2. The number of aromatic carboxylic acids is 1. The number of thiazole rings is 1. The van der Waals surface area contributed by atoms with Crippen LogP contribution in [0.15, 0.2) is 28.9 Å². The number of carbonyl (C=O) groups is 1. The van der Waals surface area contributed by atoms with Crippen molar-refractivity contribution < 1.29 is 14.3 Å². The molecule has 2 rings (SSSR count). The molecule has 1 N–H and O–H groups in total. The Morgan fingerprint density at radius 1 is 1.44 bits per heavy atom. The quantitative estimate of drug-likeness (QED) is 0.925. The first-order valence-electron chi connectivity index (χ1n) is 4.24. The summed E-state index contributed by atoms with van der Waals surface area (Å²) >= 11 is 3.97. The first-order valence-corrected chi connectivity index (χ1v) is 5.85. The van der Waals surface area contributed by atoms with Gasteiger partial charge in [0.25, 0.3) is 0 Å². The third-order valence-electron chi connectivity index (χ3n) is 1.88. The molecule has 0 saturated heterocycles. The van der Waals surface area contributed by atoms with Crippen molar-refractivity contribution in [3.05, 3.63) is 39.6 Å². The van der Waals surface area contributed by atoms with Gasteiger partial charge < -0.3 is 5.11 Å². The predicted molar refractivity (Wildman–Crippen MR) is 62.2 cm³/mol. The Labute approximate surface area is 103 Å². The van der Waals surface area contributed by atoms with Crippen LogP contribution in [0.4, 0.5) is 4.39 Å². The van der Waals surface area contributed by atoms with E-state index in [0.29, 0.717) is 10.6 Å². The van der Waals surface area contributed by atoms with Crippen molar-refractivity contribution in [2.75, 3.05) is 0 Å². The van der Waals surface area contributed by atoms with Crippen LogP contribution in [0.5, 0.6) is 0 Å². The Balaban J connectivity index is 2.54. The molecule has 0 spiro atoms. The maximum Gasteiger partial charge on any atom is 0.348 e. The van der Waals surface area contributed by atoms with Crippen LogP contribution in [0.2, 0.25) is 0 Å². The summed E-state index contributed by atoms with van der Waals surface area (Å²) < 4.78 is 13.6. The summed E-state index contributed by atoms with van der Waals surface area (Å²) in [7, 11) is 0. The fourth-order valence-electron chi connectivity index (χ4n) is 1.18. The van der Waals surface area contributed by atoms with E-state index in [1.54, 1.807) is 18.2 Å². The molecule has 0 radical (unpaired) electrons. The summed E-state index contributed by atoms with van der Waals surface area (Å²) in [5, 5.41) is 9.19. The van der Waals surface area contributed by atoms with Gasteiger partial charge in [-0.1, -0.05) is 12.1 Å². The Bertz CT molecular complexity index is 556. The maximum atomic E-state index is 13.4. The van der Waals surface area contributed by atoms with Crippen LogP contribution in [0, 0.1) is 5.82 Å². The van der Waals surface area contributed by atoms with Gasteiger partial charge in [0.1, 0.15) is 20.3 Å². The molecule has 0 aliphatic carbocycles. The van der Waals surface area contributed by atoms with E-state index in [1.807, 2.05) is 0 Å². The fraction of sp³-hybridized carbons (Fsp3) is 0. The lowest BCUT2D eigenvalue weighted by Crippen LogP contribution is -1.91. The number of benzene rings is 1. The number of carboxylic acids is 1. The van der Waals surface area contributed by atoms with Gasteiger partial charge in [-0.2, -0.15) is 0 Å². The molecule has 0 aliphatic heterocycles. The number of hydrogen-bond acceptors (Lipinski definition) is 3. The van der Waals surface area contributed by atoms with E-state index < -0.39 is 11.8 Å². The molecule has 1 aromatic carbocycles. The SMILES string of the molecule is O=C(O)c1sc(-c2ccccc2F)nc1Br. The second-order valence-corrected chi connectivity index (χ2v) is 4.67. The first-order chi connectivity index (χ1) is 7.59. The molecule has 2 aromatic rings. The second-order valence-electron chi connectivity index (χ2n) is 2.92. The molecule has 3 nitrogen and oxygen atoms in total. The number of carboxylic acid groups (broad SMARTS) is 1. The lowest BCUT2D eigenvalue weighted by molar-refractivity contribution is 0.0701. The third kappa shape index (κ3) is 1.98. The zero-order valence-electron chi connectivity index (χ0n) is 7.78. The summed E-state index contributed by atoms with van der Waals surface area (Å²) in [4.78, 5) is 14.8. The molecule has 0 aliphatic rings. The van der Waals surface area contributed by atoms with E-state index in [4.69, 9.17) is 5.11 Å². The van der Waals surface area contributed by atoms with Gasteiger partial charge in [-0.05, 0) is 28.1 Å². The predicted octanol–water partition coefficient (Wildman–Crippen LogP) is 3.41. The van der Waals surface area contributed by atoms with Crippen LogP contribution >= 0.6 is 27.3 Å². The van der Waals surface area contributed by atoms with Gasteiger partial charge in [0.05, 0.1) is 0 Å². The summed E-state index contributed by atoms with van der Waals surface area (Å²) in [5.41, 5.74) is 0.306. The average Bonchev–Trinajstić information content (AvgIpc) is 2.61. The second kappa shape index (κ2) is 4.31. The summed E-state index contributed by atoms with van der Waals surface area (Å²) in [6, 6.07) is 6.12. The van der Waals surface area contributed by atoms with Crippen molar-refractivity contribution in [1.29, 1.82) is 0 Å². The van der Waals surface area contributed by atoms with E-state index >= 15 is 0 Å². The van der Waals surface area contributed by atoms with Crippen LogP contribution in [-0.4, -0.2) is 16.1 Å². The third-order valence-corrected chi connectivity index (χ3v) is 3.80. The molecule has 1 aromatic heterocycles. The standard InChI is InChI=1S/C10H5BrFNO2S/c11-8-7(10(14)15)16-9(13-8)5-3-1-2-4-6(5)12/h1-4H,(H,14,15). The molecule has 0 atom stereocenters. The van der Waals surface area contributed by atoms with Gasteiger partial charge in [-0.3, -0.25) is 0 Å². The van der Waals surface area contributed by atoms with Crippen molar-refractivity contribution in [1.82, 2.24) is 4.98 Å².